The molecule has 0 unspecified atom stereocenters. The third-order valence-corrected chi connectivity index (χ3v) is 3.65. The molecule has 0 aliphatic heterocycles. The van der Waals surface area contributed by atoms with Gasteiger partial charge in [-0.25, -0.2) is 14.6 Å². The zero-order valence-corrected chi connectivity index (χ0v) is 14.0. The van der Waals surface area contributed by atoms with E-state index in [0.29, 0.717) is 12.2 Å². The molecule has 3 aromatic rings. The number of nitrogens with zero attached hydrogens (tertiary/aromatic N) is 2. The van der Waals surface area contributed by atoms with Crippen molar-refractivity contribution in [2.24, 2.45) is 9.98 Å². The molecule has 0 bridgehead atoms. The summed E-state index contributed by atoms with van der Waals surface area (Å²) in [5.41, 5.74) is 3.04. The Labute approximate surface area is 146 Å². The van der Waals surface area contributed by atoms with E-state index in [2.05, 4.69) is 34.3 Å². The fourth-order valence-electron chi connectivity index (χ4n) is 2.40. The van der Waals surface area contributed by atoms with Gasteiger partial charge in [-0.1, -0.05) is 60.2 Å². The molecule has 4 nitrogen and oxygen atoms in total. The SMILES string of the molecule is Cc1ccc(N=C=O)cc1.O=C=NCCc1cccc2ccccc12. The van der Waals surface area contributed by atoms with Crippen LogP contribution in [0.1, 0.15) is 11.1 Å². The maximum Gasteiger partial charge on any atom is 0.240 e. The van der Waals surface area contributed by atoms with Gasteiger partial charge in [-0.2, -0.15) is 4.99 Å². The monoisotopic (exact) mass is 330 g/mol. The van der Waals surface area contributed by atoms with Crippen molar-refractivity contribution in [3.63, 3.8) is 0 Å². The first kappa shape index (κ1) is 18.0. The number of benzene rings is 3. The van der Waals surface area contributed by atoms with E-state index in [-0.39, 0.29) is 0 Å². The Kier molecular flexibility index (Phi) is 7.02. The van der Waals surface area contributed by atoms with E-state index in [4.69, 9.17) is 0 Å². The van der Waals surface area contributed by atoms with Crippen molar-refractivity contribution in [2.45, 2.75) is 13.3 Å². The summed E-state index contributed by atoms with van der Waals surface area (Å²) in [7, 11) is 0. The molecule has 0 saturated carbocycles. The van der Waals surface area contributed by atoms with Gasteiger partial charge in [0.15, 0.2) is 0 Å². The molecule has 124 valence electrons. The zero-order valence-electron chi connectivity index (χ0n) is 14.0. The van der Waals surface area contributed by atoms with Gasteiger partial charge in [0.05, 0.1) is 12.2 Å². The molecule has 0 aromatic heterocycles. The molecule has 0 spiro atoms. The highest BCUT2D eigenvalue weighted by Gasteiger charge is 1.98. The van der Waals surface area contributed by atoms with Gasteiger partial charge in [0.2, 0.25) is 12.2 Å². The standard InChI is InChI=1S/C13H11NO.C8H7NO/c15-10-14-9-8-12-6-3-5-11-4-1-2-7-13(11)12;1-7-2-4-8(5-3-7)9-6-10/h1-7H,8-9H2;2-5H,1H3. The number of hydrogen-bond donors (Lipinski definition) is 0. The highest BCUT2D eigenvalue weighted by molar-refractivity contribution is 5.85. The van der Waals surface area contributed by atoms with Gasteiger partial charge in [0.25, 0.3) is 0 Å². The van der Waals surface area contributed by atoms with E-state index in [9.17, 15) is 9.59 Å². The number of aliphatic imine (C=N–C) groups is 2. The highest BCUT2D eigenvalue weighted by Crippen LogP contribution is 2.18. The lowest BCUT2D eigenvalue weighted by Crippen LogP contribution is -1.90. The molecule has 0 aliphatic carbocycles. The molecule has 3 rings (SSSR count). The minimum atomic E-state index is 0.511. The Morgan fingerprint density at radius 2 is 1.56 bits per heavy atom. The van der Waals surface area contributed by atoms with Gasteiger partial charge < -0.3 is 0 Å². The lowest BCUT2D eigenvalue weighted by Gasteiger charge is -2.03. The highest BCUT2D eigenvalue weighted by atomic mass is 16.1. The first-order valence-electron chi connectivity index (χ1n) is 7.89. The van der Waals surface area contributed by atoms with Crippen LogP contribution >= 0.6 is 0 Å². The van der Waals surface area contributed by atoms with Crippen molar-refractivity contribution in [3.05, 3.63) is 77.9 Å². The van der Waals surface area contributed by atoms with Crippen LogP contribution in [0.3, 0.4) is 0 Å². The molecule has 0 amide bonds. The number of rotatable bonds is 4. The number of carbonyl (C=O) groups excluding carboxylic acids is 2. The maximum absolute atomic E-state index is 9.97. The Bertz CT molecular complexity index is 915. The van der Waals surface area contributed by atoms with Crippen molar-refractivity contribution in [1.29, 1.82) is 0 Å². The minimum Gasteiger partial charge on any atom is -0.211 e. The van der Waals surface area contributed by atoms with Crippen molar-refractivity contribution in [2.75, 3.05) is 6.54 Å². The van der Waals surface area contributed by atoms with E-state index in [0.717, 1.165) is 12.0 Å². The molecule has 4 heteroatoms. The largest absolute Gasteiger partial charge is 0.240 e. The molecule has 0 saturated heterocycles. The van der Waals surface area contributed by atoms with Crippen LogP contribution in [0.5, 0.6) is 0 Å². The summed E-state index contributed by atoms with van der Waals surface area (Å²) >= 11 is 0. The summed E-state index contributed by atoms with van der Waals surface area (Å²) < 4.78 is 0. The van der Waals surface area contributed by atoms with E-state index in [1.807, 2.05) is 37.3 Å². The molecule has 0 atom stereocenters. The second-order valence-electron chi connectivity index (χ2n) is 5.40. The maximum atomic E-state index is 9.97. The van der Waals surface area contributed by atoms with E-state index < -0.39 is 0 Å². The van der Waals surface area contributed by atoms with Gasteiger partial charge in [-0.3, -0.25) is 0 Å². The van der Waals surface area contributed by atoms with Crippen LogP contribution in [0.25, 0.3) is 10.8 Å². The first-order valence-corrected chi connectivity index (χ1v) is 7.89. The topological polar surface area (TPSA) is 58.9 Å². The number of fused-ring (bicyclic) bond motifs is 1. The second-order valence-corrected chi connectivity index (χ2v) is 5.40. The van der Waals surface area contributed by atoms with Crippen LogP contribution in [0.4, 0.5) is 5.69 Å². The molecular weight excluding hydrogens is 312 g/mol. The predicted octanol–water partition coefficient (Wildman–Crippen LogP) is 4.68. The summed E-state index contributed by atoms with van der Waals surface area (Å²) in [6, 6.07) is 21.8. The summed E-state index contributed by atoms with van der Waals surface area (Å²) in [5.74, 6) is 0. The summed E-state index contributed by atoms with van der Waals surface area (Å²) in [6.45, 7) is 2.49. The summed E-state index contributed by atoms with van der Waals surface area (Å²) in [5, 5.41) is 2.46. The molecule has 0 fully saturated rings. The smallest absolute Gasteiger partial charge is 0.211 e. The lowest BCUT2D eigenvalue weighted by molar-refractivity contribution is 0.562. The fourth-order valence-corrected chi connectivity index (χ4v) is 2.40. The van der Waals surface area contributed by atoms with Crippen molar-refractivity contribution < 1.29 is 9.59 Å². The molecule has 3 aromatic carbocycles. The van der Waals surface area contributed by atoms with Crippen LogP contribution in [0.15, 0.2) is 76.7 Å². The van der Waals surface area contributed by atoms with Crippen LogP contribution < -0.4 is 0 Å². The van der Waals surface area contributed by atoms with Crippen LogP contribution in [-0.2, 0) is 16.0 Å². The number of aryl methyl sites for hydroxylation is 1. The van der Waals surface area contributed by atoms with Crippen LogP contribution in [0.2, 0.25) is 0 Å². The predicted molar refractivity (Wildman–Crippen MR) is 99.6 cm³/mol. The normalized spacial score (nSPS) is 9.32. The van der Waals surface area contributed by atoms with Crippen LogP contribution in [-0.4, -0.2) is 18.7 Å². The third kappa shape index (κ3) is 5.67. The van der Waals surface area contributed by atoms with Gasteiger partial charge in [-0.15, -0.1) is 0 Å². The van der Waals surface area contributed by atoms with Gasteiger partial charge in [-0.05, 0) is 41.8 Å². The molecule has 0 aliphatic rings. The molecule has 0 heterocycles. The van der Waals surface area contributed by atoms with Crippen LogP contribution in [0, 0.1) is 6.92 Å². The van der Waals surface area contributed by atoms with Crippen molar-refractivity contribution in [1.82, 2.24) is 0 Å². The Hall–Kier alpha value is -3.32. The third-order valence-electron chi connectivity index (χ3n) is 3.65. The van der Waals surface area contributed by atoms with Crippen molar-refractivity contribution >= 4 is 28.6 Å². The van der Waals surface area contributed by atoms with Gasteiger partial charge >= 0.3 is 0 Å². The Balaban J connectivity index is 0.000000196. The first-order chi connectivity index (χ1) is 12.2. The molecule has 25 heavy (non-hydrogen) atoms. The summed E-state index contributed by atoms with van der Waals surface area (Å²) in [6.07, 6.45) is 3.83. The number of isocyanates is 2. The zero-order chi connectivity index (χ0) is 17.9. The Morgan fingerprint density at radius 1 is 0.840 bits per heavy atom. The van der Waals surface area contributed by atoms with E-state index >= 15 is 0 Å². The van der Waals surface area contributed by atoms with Gasteiger partial charge in [0.1, 0.15) is 0 Å². The summed E-state index contributed by atoms with van der Waals surface area (Å²) in [4.78, 5) is 26.7. The van der Waals surface area contributed by atoms with Gasteiger partial charge in [0, 0.05) is 0 Å². The van der Waals surface area contributed by atoms with E-state index in [1.165, 1.54) is 22.4 Å². The lowest BCUT2D eigenvalue weighted by atomic mass is 10.0. The second kappa shape index (κ2) is 9.74. The fraction of sp³-hybridized carbons (Fsp3) is 0.143. The average Bonchev–Trinajstić information content (AvgIpc) is 2.65. The number of hydrogen-bond acceptors (Lipinski definition) is 4. The van der Waals surface area contributed by atoms with Crippen molar-refractivity contribution in [3.8, 4) is 0 Å². The van der Waals surface area contributed by atoms with E-state index in [1.54, 1.807) is 18.2 Å². The molecule has 0 N–H and O–H groups in total. The molecule has 0 radical (unpaired) electrons. The molecular formula is C21H18N2O2. The average molecular weight is 330 g/mol. The quantitative estimate of drug-likeness (QED) is 0.515. The Morgan fingerprint density at radius 3 is 2.28 bits per heavy atom. The minimum absolute atomic E-state index is 0.511.